The van der Waals surface area contributed by atoms with Crippen molar-refractivity contribution in [3.8, 4) is 10.6 Å². The third-order valence-electron chi connectivity index (χ3n) is 3.15. The summed E-state index contributed by atoms with van der Waals surface area (Å²) in [4.78, 5) is 0. The van der Waals surface area contributed by atoms with Gasteiger partial charge in [0.2, 0.25) is 0 Å². The standard InChI is InChI=1S/C14H16IN3S/c15-12-5-2-1-4-11(12)14-18-17-13(19-14)6-3-9-16-10-7-8-10/h1-2,4-5,10,16H,3,6-9H2. The topological polar surface area (TPSA) is 37.8 Å². The first-order valence-electron chi connectivity index (χ1n) is 6.63. The van der Waals surface area contributed by atoms with E-state index in [0.717, 1.165) is 35.4 Å². The van der Waals surface area contributed by atoms with Gasteiger partial charge in [-0.1, -0.05) is 29.5 Å². The van der Waals surface area contributed by atoms with Crippen LogP contribution in [0, 0.1) is 3.57 Å². The number of aromatic nitrogens is 2. The number of aryl methyl sites for hydroxylation is 1. The van der Waals surface area contributed by atoms with E-state index in [0.29, 0.717) is 0 Å². The van der Waals surface area contributed by atoms with E-state index in [1.807, 2.05) is 0 Å². The Kier molecular flexibility index (Phi) is 4.45. The molecule has 0 bridgehead atoms. The van der Waals surface area contributed by atoms with Crippen LogP contribution in [0.5, 0.6) is 0 Å². The van der Waals surface area contributed by atoms with Gasteiger partial charge in [0.25, 0.3) is 0 Å². The maximum atomic E-state index is 4.32. The van der Waals surface area contributed by atoms with Gasteiger partial charge in [-0.15, -0.1) is 10.2 Å². The quantitative estimate of drug-likeness (QED) is 0.611. The summed E-state index contributed by atoms with van der Waals surface area (Å²) in [6.07, 6.45) is 4.89. The van der Waals surface area contributed by atoms with Crippen LogP contribution in [-0.2, 0) is 6.42 Å². The first-order chi connectivity index (χ1) is 9.33. The molecule has 2 aromatic rings. The summed E-state index contributed by atoms with van der Waals surface area (Å²) in [5.74, 6) is 0. The Labute approximate surface area is 131 Å². The smallest absolute Gasteiger partial charge is 0.148 e. The maximum Gasteiger partial charge on any atom is 0.148 e. The van der Waals surface area contributed by atoms with Crippen LogP contribution in [0.2, 0.25) is 0 Å². The second-order valence-corrected chi connectivity index (χ2v) is 7.04. The lowest BCUT2D eigenvalue weighted by Crippen LogP contribution is -2.17. The zero-order valence-corrected chi connectivity index (χ0v) is 13.6. The summed E-state index contributed by atoms with van der Waals surface area (Å²) < 4.78 is 1.23. The molecule has 3 rings (SSSR count). The molecule has 5 heteroatoms. The Balaban J connectivity index is 1.57. The Morgan fingerprint density at radius 1 is 1.26 bits per heavy atom. The highest BCUT2D eigenvalue weighted by Crippen LogP contribution is 2.28. The molecule has 1 saturated carbocycles. The van der Waals surface area contributed by atoms with Crippen molar-refractivity contribution in [2.24, 2.45) is 0 Å². The van der Waals surface area contributed by atoms with E-state index in [1.165, 1.54) is 22.0 Å². The van der Waals surface area contributed by atoms with Crippen molar-refractivity contribution < 1.29 is 0 Å². The summed E-state index contributed by atoms with van der Waals surface area (Å²) in [6, 6.07) is 9.13. The molecule has 19 heavy (non-hydrogen) atoms. The Morgan fingerprint density at radius 2 is 2.11 bits per heavy atom. The van der Waals surface area contributed by atoms with Crippen LogP contribution in [0.4, 0.5) is 0 Å². The van der Waals surface area contributed by atoms with E-state index >= 15 is 0 Å². The van der Waals surface area contributed by atoms with Crippen LogP contribution < -0.4 is 5.32 Å². The summed E-state index contributed by atoms with van der Waals surface area (Å²) in [5, 5.41) is 14.3. The first-order valence-corrected chi connectivity index (χ1v) is 8.53. The van der Waals surface area contributed by atoms with Crippen LogP contribution in [0.1, 0.15) is 24.3 Å². The lowest BCUT2D eigenvalue weighted by atomic mass is 10.2. The van der Waals surface area contributed by atoms with Crippen LogP contribution >= 0.6 is 33.9 Å². The molecular formula is C14H16IN3S. The van der Waals surface area contributed by atoms with Gasteiger partial charge in [0.15, 0.2) is 0 Å². The minimum atomic E-state index is 0.802. The summed E-state index contributed by atoms with van der Waals surface area (Å²) in [7, 11) is 0. The van der Waals surface area contributed by atoms with Crippen LogP contribution in [0.3, 0.4) is 0 Å². The van der Waals surface area contributed by atoms with Crippen molar-refractivity contribution in [3.63, 3.8) is 0 Å². The summed E-state index contributed by atoms with van der Waals surface area (Å²) >= 11 is 4.07. The van der Waals surface area contributed by atoms with E-state index in [2.05, 4.69) is 62.4 Å². The molecule has 0 aliphatic heterocycles. The molecular weight excluding hydrogens is 369 g/mol. The van der Waals surface area contributed by atoms with E-state index in [1.54, 1.807) is 11.3 Å². The van der Waals surface area contributed by atoms with Crippen molar-refractivity contribution in [1.29, 1.82) is 0 Å². The van der Waals surface area contributed by atoms with Gasteiger partial charge in [0, 0.05) is 21.6 Å². The number of nitrogens with zero attached hydrogens (tertiary/aromatic N) is 2. The molecule has 1 N–H and O–H groups in total. The van der Waals surface area contributed by atoms with Crippen molar-refractivity contribution in [1.82, 2.24) is 15.5 Å². The zero-order valence-electron chi connectivity index (χ0n) is 10.6. The van der Waals surface area contributed by atoms with Gasteiger partial charge >= 0.3 is 0 Å². The molecule has 0 radical (unpaired) electrons. The second kappa shape index (κ2) is 6.28. The predicted octanol–water partition coefficient (Wildman–Crippen LogP) is 3.49. The third kappa shape index (κ3) is 3.73. The minimum Gasteiger partial charge on any atom is -0.314 e. The van der Waals surface area contributed by atoms with Gasteiger partial charge in [-0.3, -0.25) is 0 Å². The number of benzene rings is 1. The normalized spacial score (nSPS) is 14.8. The zero-order chi connectivity index (χ0) is 13.1. The number of hydrogen-bond donors (Lipinski definition) is 1. The highest BCUT2D eigenvalue weighted by molar-refractivity contribution is 14.1. The van der Waals surface area contributed by atoms with Crippen molar-refractivity contribution in [3.05, 3.63) is 32.8 Å². The van der Waals surface area contributed by atoms with Gasteiger partial charge < -0.3 is 5.32 Å². The molecule has 0 amide bonds. The molecule has 3 nitrogen and oxygen atoms in total. The van der Waals surface area contributed by atoms with E-state index in [9.17, 15) is 0 Å². The van der Waals surface area contributed by atoms with Gasteiger partial charge in [-0.05, 0) is 54.5 Å². The van der Waals surface area contributed by atoms with Crippen LogP contribution in [0.15, 0.2) is 24.3 Å². The monoisotopic (exact) mass is 385 g/mol. The molecule has 0 saturated heterocycles. The predicted molar refractivity (Wildman–Crippen MR) is 87.4 cm³/mol. The molecule has 1 aromatic carbocycles. The largest absolute Gasteiger partial charge is 0.314 e. The van der Waals surface area contributed by atoms with Gasteiger partial charge in [0.1, 0.15) is 10.0 Å². The SMILES string of the molecule is Ic1ccccc1-c1nnc(CCCNC2CC2)s1. The second-order valence-electron chi connectivity index (χ2n) is 4.81. The molecule has 1 heterocycles. The lowest BCUT2D eigenvalue weighted by molar-refractivity contribution is 0.643. The van der Waals surface area contributed by atoms with Gasteiger partial charge in [-0.25, -0.2) is 0 Å². The molecule has 100 valence electrons. The molecule has 1 aliphatic rings. The van der Waals surface area contributed by atoms with Crippen molar-refractivity contribution >= 4 is 33.9 Å². The fourth-order valence-corrected chi connectivity index (χ4v) is 3.68. The fraction of sp³-hybridized carbons (Fsp3) is 0.429. The van der Waals surface area contributed by atoms with Crippen LogP contribution in [-0.4, -0.2) is 22.8 Å². The Bertz CT molecular complexity index is 551. The van der Waals surface area contributed by atoms with E-state index in [4.69, 9.17) is 0 Å². The summed E-state index contributed by atoms with van der Waals surface area (Å²) in [6.45, 7) is 1.10. The number of halogens is 1. The fourth-order valence-electron chi connectivity index (χ4n) is 1.93. The molecule has 0 atom stereocenters. The first kappa shape index (κ1) is 13.5. The highest BCUT2D eigenvalue weighted by atomic mass is 127. The van der Waals surface area contributed by atoms with Gasteiger partial charge in [0.05, 0.1) is 0 Å². The maximum absolute atomic E-state index is 4.32. The molecule has 1 aromatic heterocycles. The van der Waals surface area contributed by atoms with E-state index in [-0.39, 0.29) is 0 Å². The number of hydrogen-bond acceptors (Lipinski definition) is 4. The Morgan fingerprint density at radius 3 is 2.89 bits per heavy atom. The number of rotatable bonds is 6. The Hall–Kier alpha value is -0.530. The summed E-state index contributed by atoms with van der Waals surface area (Å²) in [5.41, 5.74) is 1.20. The van der Waals surface area contributed by atoms with Gasteiger partial charge in [-0.2, -0.15) is 0 Å². The average molecular weight is 385 g/mol. The van der Waals surface area contributed by atoms with E-state index < -0.39 is 0 Å². The molecule has 0 unspecified atom stereocenters. The number of nitrogens with one attached hydrogen (secondary N) is 1. The molecule has 1 fully saturated rings. The molecule has 0 spiro atoms. The minimum absolute atomic E-state index is 0.802. The molecule has 1 aliphatic carbocycles. The third-order valence-corrected chi connectivity index (χ3v) is 5.11. The average Bonchev–Trinajstić information content (AvgIpc) is 3.13. The van der Waals surface area contributed by atoms with Crippen molar-refractivity contribution in [2.75, 3.05) is 6.54 Å². The lowest BCUT2D eigenvalue weighted by Gasteiger charge is -1.99. The highest BCUT2D eigenvalue weighted by Gasteiger charge is 2.19. The van der Waals surface area contributed by atoms with Crippen molar-refractivity contribution in [2.45, 2.75) is 31.7 Å². The van der Waals surface area contributed by atoms with Crippen LogP contribution in [0.25, 0.3) is 10.6 Å².